The third-order valence-electron chi connectivity index (χ3n) is 5.15. The van der Waals surface area contributed by atoms with E-state index in [1.54, 1.807) is 7.11 Å². The van der Waals surface area contributed by atoms with Crippen molar-refractivity contribution in [3.8, 4) is 0 Å². The second-order valence-corrected chi connectivity index (χ2v) is 9.15. The molecule has 1 N–H and O–H groups in total. The van der Waals surface area contributed by atoms with Gasteiger partial charge in [-0.1, -0.05) is 55.4 Å². The van der Waals surface area contributed by atoms with Crippen molar-refractivity contribution in [1.82, 2.24) is 10.2 Å². The van der Waals surface area contributed by atoms with Crippen LogP contribution in [-0.2, 0) is 19.1 Å². The fraction of sp³-hybridized carbons (Fsp3) is 0.458. The van der Waals surface area contributed by atoms with Crippen LogP contribution in [0.15, 0.2) is 51.6 Å². The number of methoxy groups -OCH3 is 1. The minimum atomic E-state index is -0.422. The van der Waals surface area contributed by atoms with E-state index in [9.17, 15) is 9.59 Å². The predicted molar refractivity (Wildman–Crippen MR) is 127 cm³/mol. The van der Waals surface area contributed by atoms with Crippen LogP contribution < -0.4 is 5.32 Å². The summed E-state index contributed by atoms with van der Waals surface area (Å²) in [5, 5.41) is 5.68. The average Bonchev–Trinajstić information content (AvgIpc) is 3.13. The van der Waals surface area contributed by atoms with E-state index in [0.717, 1.165) is 22.0 Å². The zero-order valence-electron chi connectivity index (χ0n) is 19.3. The first-order valence-corrected chi connectivity index (χ1v) is 11.6. The molecule has 8 heteroatoms. The molecule has 1 unspecified atom stereocenters. The van der Waals surface area contributed by atoms with Gasteiger partial charge in [0.05, 0.1) is 30.3 Å². The number of esters is 1. The molecule has 2 aliphatic rings. The third kappa shape index (κ3) is 5.61. The lowest BCUT2D eigenvalue weighted by Gasteiger charge is -2.36. The fourth-order valence-electron chi connectivity index (χ4n) is 3.63. The van der Waals surface area contributed by atoms with E-state index >= 15 is 0 Å². The predicted octanol–water partition coefficient (Wildman–Crippen LogP) is 3.92. The molecule has 3 rings (SSSR count). The van der Waals surface area contributed by atoms with Crippen LogP contribution in [0.3, 0.4) is 0 Å². The van der Waals surface area contributed by atoms with Crippen molar-refractivity contribution in [2.75, 3.05) is 26.9 Å². The van der Waals surface area contributed by atoms with Crippen molar-refractivity contribution >= 4 is 28.8 Å². The zero-order valence-corrected chi connectivity index (χ0v) is 20.1. The van der Waals surface area contributed by atoms with Gasteiger partial charge in [-0.3, -0.25) is 4.79 Å². The topological polar surface area (TPSA) is 80.2 Å². The summed E-state index contributed by atoms with van der Waals surface area (Å²) in [6.45, 7) is 9.07. The Labute approximate surface area is 193 Å². The van der Waals surface area contributed by atoms with Gasteiger partial charge in [0.25, 0.3) is 0 Å². The molecule has 7 nitrogen and oxygen atoms in total. The number of fused-ring (bicyclic) bond motifs is 1. The Morgan fingerprint density at radius 3 is 2.72 bits per heavy atom. The van der Waals surface area contributed by atoms with Crippen LogP contribution in [0.25, 0.3) is 0 Å². The lowest BCUT2D eigenvalue weighted by Crippen LogP contribution is -2.38. The molecule has 1 atom stereocenters. The lowest BCUT2D eigenvalue weighted by atomic mass is 9.93. The monoisotopic (exact) mass is 457 g/mol. The summed E-state index contributed by atoms with van der Waals surface area (Å²) in [5.74, 6) is -0.100. The summed E-state index contributed by atoms with van der Waals surface area (Å²) >= 11 is 1.47. The number of aliphatic imine (C=N–C) groups is 1. The summed E-state index contributed by atoms with van der Waals surface area (Å²) in [6.07, 6.45) is 0.214. The minimum absolute atomic E-state index is 0.0507. The molecule has 2 heterocycles. The van der Waals surface area contributed by atoms with Gasteiger partial charge in [-0.15, -0.1) is 0 Å². The molecule has 0 saturated carbocycles. The number of amides is 1. The summed E-state index contributed by atoms with van der Waals surface area (Å²) in [5.41, 5.74) is 3.95. The average molecular weight is 458 g/mol. The van der Waals surface area contributed by atoms with E-state index in [2.05, 4.69) is 30.2 Å². The molecular formula is C24H31N3O4S. The van der Waals surface area contributed by atoms with Crippen molar-refractivity contribution in [3.63, 3.8) is 0 Å². The molecule has 0 radical (unpaired) electrons. The SMILES string of the molecule is COCCOC(=O)C1=C(C)N=C2SC=C(CC(=O)NCC(C)C)N2C1c1cccc(C)c1. The number of carbonyl (C=O) groups excluding carboxylic acids is 2. The first-order chi connectivity index (χ1) is 15.3. The number of nitrogens with one attached hydrogen (secondary N) is 1. The molecule has 172 valence electrons. The molecule has 1 amide bonds. The first-order valence-electron chi connectivity index (χ1n) is 10.8. The van der Waals surface area contributed by atoms with Gasteiger partial charge in [-0.25, -0.2) is 9.79 Å². The second-order valence-electron chi connectivity index (χ2n) is 8.31. The normalized spacial score (nSPS) is 17.8. The maximum atomic E-state index is 13.1. The van der Waals surface area contributed by atoms with Crippen LogP contribution in [0.1, 0.15) is 44.4 Å². The Balaban J connectivity index is 1.95. The summed E-state index contributed by atoms with van der Waals surface area (Å²) in [7, 11) is 1.56. The smallest absolute Gasteiger partial charge is 0.338 e. The van der Waals surface area contributed by atoms with Crippen LogP contribution >= 0.6 is 11.8 Å². The Kier molecular flexibility index (Phi) is 8.15. The fourth-order valence-corrected chi connectivity index (χ4v) is 4.59. The Hall–Kier alpha value is -2.58. The second kappa shape index (κ2) is 10.8. The van der Waals surface area contributed by atoms with E-state index in [-0.39, 0.29) is 18.9 Å². The van der Waals surface area contributed by atoms with E-state index < -0.39 is 12.0 Å². The highest BCUT2D eigenvalue weighted by molar-refractivity contribution is 8.16. The number of amidine groups is 1. The van der Waals surface area contributed by atoms with Crippen molar-refractivity contribution < 1.29 is 19.1 Å². The minimum Gasteiger partial charge on any atom is -0.460 e. The van der Waals surface area contributed by atoms with E-state index in [4.69, 9.17) is 9.47 Å². The first kappa shape index (κ1) is 24.1. The molecule has 1 aromatic carbocycles. The highest BCUT2D eigenvalue weighted by atomic mass is 32.2. The number of carbonyl (C=O) groups is 2. The van der Waals surface area contributed by atoms with Gasteiger partial charge in [-0.2, -0.15) is 0 Å². The van der Waals surface area contributed by atoms with Gasteiger partial charge in [0.1, 0.15) is 6.61 Å². The number of ether oxygens (including phenoxy) is 2. The van der Waals surface area contributed by atoms with Crippen molar-refractivity contribution in [2.45, 2.75) is 40.2 Å². The van der Waals surface area contributed by atoms with Crippen molar-refractivity contribution in [2.24, 2.45) is 10.9 Å². The van der Waals surface area contributed by atoms with E-state index in [0.29, 0.717) is 30.3 Å². The number of benzene rings is 1. The molecule has 0 saturated heterocycles. The summed E-state index contributed by atoms with van der Waals surface area (Å²) in [4.78, 5) is 32.4. The van der Waals surface area contributed by atoms with Gasteiger partial charge < -0.3 is 19.7 Å². The molecule has 32 heavy (non-hydrogen) atoms. The summed E-state index contributed by atoms with van der Waals surface area (Å²) < 4.78 is 10.5. The molecule has 1 aromatic rings. The van der Waals surface area contributed by atoms with E-state index in [1.165, 1.54) is 11.8 Å². The molecular weight excluding hydrogens is 426 g/mol. The number of thioether (sulfide) groups is 1. The maximum Gasteiger partial charge on any atom is 0.338 e. The molecule has 0 fully saturated rings. The Morgan fingerprint density at radius 1 is 1.25 bits per heavy atom. The molecule has 0 aromatic heterocycles. The van der Waals surface area contributed by atoms with Crippen LogP contribution in [0, 0.1) is 12.8 Å². The largest absolute Gasteiger partial charge is 0.460 e. The highest BCUT2D eigenvalue weighted by Crippen LogP contribution is 2.44. The number of hydrogen-bond acceptors (Lipinski definition) is 7. The van der Waals surface area contributed by atoms with Crippen LogP contribution in [-0.4, -0.2) is 48.8 Å². The third-order valence-corrected chi connectivity index (χ3v) is 6.04. The van der Waals surface area contributed by atoms with Gasteiger partial charge in [-0.05, 0) is 30.7 Å². The lowest BCUT2D eigenvalue weighted by molar-refractivity contribution is -0.141. The molecule has 0 bridgehead atoms. The Bertz CT molecular complexity index is 968. The Morgan fingerprint density at radius 2 is 2.03 bits per heavy atom. The van der Waals surface area contributed by atoms with Crippen LogP contribution in [0.4, 0.5) is 0 Å². The number of rotatable bonds is 9. The van der Waals surface area contributed by atoms with Crippen molar-refractivity contribution in [1.29, 1.82) is 0 Å². The highest BCUT2D eigenvalue weighted by Gasteiger charge is 2.41. The van der Waals surface area contributed by atoms with Crippen LogP contribution in [0.2, 0.25) is 0 Å². The summed E-state index contributed by atoms with van der Waals surface area (Å²) in [6, 6.07) is 7.62. The zero-order chi connectivity index (χ0) is 23.3. The maximum absolute atomic E-state index is 13.1. The molecule has 2 aliphatic heterocycles. The number of hydrogen-bond donors (Lipinski definition) is 1. The van der Waals surface area contributed by atoms with Gasteiger partial charge in [0.15, 0.2) is 5.17 Å². The van der Waals surface area contributed by atoms with Gasteiger partial charge >= 0.3 is 5.97 Å². The quantitative estimate of drug-likeness (QED) is 0.447. The standard InChI is InChI=1S/C24H31N3O4S/c1-15(2)13-25-20(28)12-19-14-32-24-26-17(4)21(23(29)31-10-9-30-5)22(27(19)24)18-8-6-7-16(3)11-18/h6-8,11,14-15,22H,9-10,12-13H2,1-5H3,(H,25,28). The van der Waals surface area contributed by atoms with E-state index in [1.807, 2.05) is 42.4 Å². The molecule has 0 spiro atoms. The van der Waals surface area contributed by atoms with Crippen LogP contribution in [0.5, 0.6) is 0 Å². The van der Waals surface area contributed by atoms with Gasteiger partial charge in [0.2, 0.25) is 5.91 Å². The van der Waals surface area contributed by atoms with Gasteiger partial charge in [0, 0.05) is 19.4 Å². The number of allylic oxidation sites excluding steroid dienone is 1. The van der Waals surface area contributed by atoms with Crippen molar-refractivity contribution in [3.05, 3.63) is 57.8 Å². The number of nitrogens with zero attached hydrogens (tertiary/aromatic N) is 2. The molecule has 0 aliphatic carbocycles. The number of aryl methyl sites for hydroxylation is 1.